The van der Waals surface area contributed by atoms with Crippen molar-refractivity contribution in [3.63, 3.8) is 0 Å². The van der Waals surface area contributed by atoms with Crippen molar-refractivity contribution >= 4 is 28.5 Å². The first-order valence-corrected chi connectivity index (χ1v) is 16.9. The molecule has 1 aliphatic heterocycles. The Morgan fingerprint density at radius 1 is 0.714 bits per heavy atom. The number of nitrogens with one attached hydrogen (secondary N) is 1. The van der Waals surface area contributed by atoms with Crippen molar-refractivity contribution < 1.29 is 24.3 Å². The van der Waals surface area contributed by atoms with Crippen LogP contribution in [0, 0.1) is 19.8 Å². The molecule has 2 atom stereocenters. The van der Waals surface area contributed by atoms with E-state index in [1.807, 2.05) is 74.8 Å². The van der Waals surface area contributed by atoms with Crippen LogP contribution in [0.25, 0.3) is 11.3 Å². The summed E-state index contributed by atoms with van der Waals surface area (Å²) < 4.78 is 16.2. The molecule has 8 nitrogen and oxygen atoms in total. The van der Waals surface area contributed by atoms with Crippen molar-refractivity contribution in [1.82, 2.24) is 15.3 Å². The normalized spacial score (nSPS) is 14.7. The molecular formula is C39H47BBrN3O5. The zero-order valence-electron chi connectivity index (χ0n) is 29.1. The van der Waals surface area contributed by atoms with Gasteiger partial charge in [-0.05, 0) is 126 Å². The maximum Gasteiger partial charge on any atom is 0.488 e. The van der Waals surface area contributed by atoms with E-state index in [0.29, 0.717) is 17.3 Å². The van der Waals surface area contributed by atoms with Gasteiger partial charge in [-0.3, -0.25) is 4.98 Å². The third kappa shape index (κ3) is 14.0. The highest BCUT2D eigenvalue weighted by Crippen LogP contribution is 2.27. The van der Waals surface area contributed by atoms with Gasteiger partial charge in [0.2, 0.25) is 0 Å². The molecule has 1 aliphatic rings. The van der Waals surface area contributed by atoms with Crippen LogP contribution >= 0.6 is 15.9 Å². The summed E-state index contributed by atoms with van der Waals surface area (Å²) in [6.45, 7) is 7.47. The molecule has 3 heterocycles. The summed E-state index contributed by atoms with van der Waals surface area (Å²) in [6, 6.07) is 31.4. The molecule has 49 heavy (non-hydrogen) atoms. The number of halogens is 1. The number of piperidine rings is 1. The van der Waals surface area contributed by atoms with Gasteiger partial charge in [-0.15, -0.1) is 0 Å². The average Bonchev–Trinajstić information content (AvgIpc) is 3.14. The lowest BCUT2D eigenvalue weighted by molar-refractivity contribution is 0.332. The van der Waals surface area contributed by atoms with Gasteiger partial charge >= 0.3 is 7.12 Å². The van der Waals surface area contributed by atoms with E-state index in [-0.39, 0.29) is 0 Å². The van der Waals surface area contributed by atoms with Gasteiger partial charge in [-0.25, -0.2) is 4.98 Å². The molecule has 6 rings (SSSR count). The number of benzene rings is 3. The second kappa shape index (κ2) is 21.0. The van der Waals surface area contributed by atoms with E-state index in [1.54, 1.807) is 38.5 Å². The monoisotopic (exact) mass is 727 g/mol. The Morgan fingerprint density at radius 3 is 1.84 bits per heavy atom. The summed E-state index contributed by atoms with van der Waals surface area (Å²) in [5.74, 6) is 3.24. The Balaban J connectivity index is 0.000000182. The summed E-state index contributed by atoms with van der Waals surface area (Å²) in [5, 5.41) is 21.1. The second-order valence-electron chi connectivity index (χ2n) is 11.7. The van der Waals surface area contributed by atoms with Crippen LogP contribution in [0.5, 0.6) is 17.2 Å². The zero-order valence-corrected chi connectivity index (χ0v) is 30.7. The highest BCUT2D eigenvalue weighted by molar-refractivity contribution is 9.10. The first-order chi connectivity index (χ1) is 23.6. The number of ether oxygens (including phenoxy) is 3. The minimum Gasteiger partial charge on any atom is -0.497 e. The Morgan fingerprint density at radius 2 is 1.31 bits per heavy atom. The molecule has 1 fully saturated rings. The van der Waals surface area contributed by atoms with E-state index in [4.69, 9.17) is 24.3 Å². The summed E-state index contributed by atoms with van der Waals surface area (Å²) in [7, 11) is 3.49. The summed E-state index contributed by atoms with van der Waals surface area (Å²) in [5.41, 5.74) is 6.19. The van der Waals surface area contributed by atoms with E-state index in [1.165, 1.54) is 36.6 Å². The van der Waals surface area contributed by atoms with Gasteiger partial charge < -0.3 is 29.6 Å². The van der Waals surface area contributed by atoms with Gasteiger partial charge in [0.15, 0.2) is 0 Å². The van der Waals surface area contributed by atoms with Crippen molar-refractivity contribution in [2.45, 2.75) is 39.7 Å². The molecule has 2 unspecified atom stereocenters. The number of hydrogen-bond acceptors (Lipinski definition) is 8. The van der Waals surface area contributed by atoms with Gasteiger partial charge in [-0.1, -0.05) is 55.5 Å². The van der Waals surface area contributed by atoms with E-state index in [2.05, 4.69) is 62.4 Å². The highest BCUT2D eigenvalue weighted by atomic mass is 79.9. The lowest BCUT2D eigenvalue weighted by Crippen LogP contribution is -2.31. The molecule has 0 spiro atoms. The first kappa shape index (κ1) is 39.2. The predicted molar refractivity (Wildman–Crippen MR) is 203 cm³/mol. The maximum atomic E-state index is 8.74. The van der Waals surface area contributed by atoms with Crippen LogP contribution in [0.3, 0.4) is 0 Å². The third-order valence-corrected chi connectivity index (χ3v) is 8.17. The Bertz CT molecular complexity index is 1640. The third-order valence-electron chi connectivity index (χ3n) is 7.70. The van der Waals surface area contributed by atoms with Gasteiger partial charge in [0.25, 0.3) is 0 Å². The van der Waals surface area contributed by atoms with Crippen LogP contribution in [0.4, 0.5) is 0 Å². The molecule has 5 aromatic rings. The van der Waals surface area contributed by atoms with Crippen molar-refractivity contribution in [1.29, 1.82) is 0 Å². The Labute approximate surface area is 299 Å². The van der Waals surface area contributed by atoms with Crippen LogP contribution in [0.1, 0.15) is 42.5 Å². The fourth-order valence-corrected chi connectivity index (χ4v) is 5.05. The quantitative estimate of drug-likeness (QED) is 0.123. The molecule has 3 aromatic carbocycles. The maximum absolute atomic E-state index is 8.74. The second-order valence-corrected chi connectivity index (χ2v) is 12.5. The fourth-order valence-electron chi connectivity index (χ4n) is 4.81. The predicted octanol–water partition coefficient (Wildman–Crippen LogP) is 7.35. The molecule has 258 valence electrons. The summed E-state index contributed by atoms with van der Waals surface area (Å²) in [6.07, 6.45) is 6.24. The van der Waals surface area contributed by atoms with Gasteiger partial charge in [0, 0.05) is 24.0 Å². The molecule has 0 aliphatic carbocycles. The number of rotatable bonds is 6. The van der Waals surface area contributed by atoms with Crippen LogP contribution in [0.2, 0.25) is 0 Å². The fraction of sp³-hybridized carbons (Fsp3) is 0.282. The molecule has 3 N–H and O–H groups in total. The van der Waals surface area contributed by atoms with Crippen molar-refractivity contribution in [3.8, 4) is 28.5 Å². The summed E-state index contributed by atoms with van der Waals surface area (Å²) >= 11 is 3.23. The van der Waals surface area contributed by atoms with E-state index >= 15 is 0 Å². The van der Waals surface area contributed by atoms with Crippen LogP contribution in [-0.2, 0) is 0 Å². The molecule has 0 amide bonds. The van der Waals surface area contributed by atoms with E-state index in [0.717, 1.165) is 39.8 Å². The zero-order chi connectivity index (χ0) is 35.6. The minimum atomic E-state index is -1.43. The Hall–Kier alpha value is -4.22. The first-order valence-electron chi connectivity index (χ1n) is 16.1. The lowest BCUT2D eigenvalue weighted by Gasteiger charge is -2.28. The Kier molecular flexibility index (Phi) is 16.8. The van der Waals surface area contributed by atoms with E-state index in [9.17, 15) is 0 Å². The number of nitrogens with zero attached hydrogens (tertiary/aromatic N) is 2. The van der Waals surface area contributed by atoms with Gasteiger partial charge in [-0.2, -0.15) is 0 Å². The smallest absolute Gasteiger partial charge is 0.488 e. The molecule has 10 heteroatoms. The van der Waals surface area contributed by atoms with Crippen LogP contribution in [-0.4, -0.2) is 55.0 Å². The average molecular weight is 729 g/mol. The molecule has 1 saturated heterocycles. The number of aromatic nitrogens is 2. The minimum absolute atomic E-state index is 0.435. The van der Waals surface area contributed by atoms with Crippen molar-refractivity contribution in [2.24, 2.45) is 5.92 Å². The van der Waals surface area contributed by atoms with Gasteiger partial charge in [0.05, 0.1) is 27.0 Å². The largest absolute Gasteiger partial charge is 0.497 e. The number of methoxy groups -OCH3 is 3. The molecule has 2 aromatic heterocycles. The number of hydrogen-bond donors (Lipinski definition) is 3. The number of aryl methyl sites for hydroxylation is 2. The standard InChI is InChI=1S/C13H19NO.C13H13NO.C7H9BO3.C6H6BrN/c2*1-10-6-7-13(14-9-10)11-4-3-5-12(8-11)15-2;1-11-7-4-2-3-6(5-7)8(9)10;1-5-2-3-6(7)8-4-5/h3-5,8,10,13-14H,6-7,9H2,1-2H3;3-9H,1-2H3;2-5,9-10H,1H3;2-4H,1H3. The molecular weight excluding hydrogens is 681 g/mol. The molecule has 0 saturated carbocycles. The van der Waals surface area contributed by atoms with Crippen LogP contribution in [0.15, 0.2) is 114 Å². The van der Waals surface area contributed by atoms with Crippen molar-refractivity contribution in [2.75, 3.05) is 27.9 Å². The van der Waals surface area contributed by atoms with E-state index < -0.39 is 7.12 Å². The van der Waals surface area contributed by atoms with Crippen molar-refractivity contribution in [3.05, 3.63) is 131 Å². The SMILES string of the molecule is COc1cccc(-c2ccc(C)cn2)c1.COc1cccc(B(O)O)c1.COc1cccc(C2CCC(C)CN2)c1.Cc1ccc(Br)nc1. The topological polar surface area (TPSA) is 106 Å². The molecule has 0 bridgehead atoms. The molecule has 0 radical (unpaired) electrons. The lowest BCUT2D eigenvalue weighted by atomic mass is 9.80. The summed E-state index contributed by atoms with van der Waals surface area (Å²) in [4.78, 5) is 8.36. The highest BCUT2D eigenvalue weighted by Gasteiger charge is 2.19. The van der Waals surface area contributed by atoms with Gasteiger partial charge in [0.1, 0.15) is 21.9 Å². The van der Waals surface area contributed by atoms with Crippen LogP contribution < -0.4 is 25.0 Å². The number of pyridine rings is 2.